The minimum absolute atomic E-state index is 0.0846. The van der Waals surface area contributed by atoms with E-state index in [1.54, 1.807) is 11.1 Å². The Balaban J connectivity index is 1.53. The Labute approximate surface area is 219 Å². The highest BCUT2D eigenvalue weighted by atomic mass is 16.5. The summed E-state index contributed by atoms with van der Waals surface area (Å²) in [7, 11) is 0. The molecule has 1 aliphatic rings. The molecule has 11 heteroatoms. The molecule has 2 amide bonds. The van der Waals surface area contributed by atoms with Crippen LogP contribution >= 0.6 is 0 Å². The number of fused-ring (bicyclic) bond motifs is 2. The van der Waals surface area contributed by atoms with Gasteiger partial charge in [0.05, 0.1) is 23.6 Å². The Kier molecular flexibility index (Phi) is 7.07. The van der Waals surface area contributed by atoms with Gasteiger partial charge in [0.1, 0.15) is 23.7 Å². The standard InChI is InChI=1S/C27H29N7O4/c1-4-23(36)33-11-13-34(14-12-33)26-19-6-5-7-22(24(19)30-27(31-26)37-15-10-28-18(3)35)38-25-17(2)8-9-21-20(25)16-29-32-21/h4-9,16H,1,10-15H2,2-3H3,(H,28,35)(H,29,32). The number of aromatic amines is 1. The van der Waals surface area contributed by atoms with Crippen LogP contribution in [-0.2, 0) is 9.59 Å². The molecule has 0 unspecified atom stereocenters. The first-order chi connectivity index (χ1) is 18.4. The monoisotopic (exact) mass is 515 g/mol. The van der Waals surface area contributed by atoms with Gasteiger partial charge in [-0.15, -0.1) is 0 Å². The molecule has 38 heavy (non-hydrogen) atoms. The van der Waals surface area contributed by atoms with E-state index in [0.717, 1.165) is 21.9 Å². The molecule has 2 N–H and O–H groups in total. The van der Waals surface area contributed by atoms with Crippen molar-refractivity contribution in [3.63, 3.8) is 0 Å². The van der Waals surface area contributed by atoms with E-state index >= 15 is 0 Å². The van der Waals surface area contributed by atoms with E-state index in [0.29, 0.717) is 55.6 Å². The fourth-order valence-electron chi connectivity index (χ4n) is 4.46. The minimum Gasteiger partial charge on any atom is -0.462 e. The Morgan fingerprint density at radius 2 is 1.95 bits per heavy atom. The molecule has 5 rings (SSSR count). The Morgan fingerprint density at radius 1 is 1.13 bits per heavy atom. The summed E-state index contributed by atoms with van der Waals surface area (Å²) in [6.07, 6.45) is 3.08. The van der Waals surface area contributed by atoms with Crippen LogP contribution in [0.25, 0.3) is 21.8 Å². The highest BCUT2D eigenvalue weighted by Gasteiger charge is 2.24. The van der Waals surface area contributed by atoms with Gasteiger partial charge < -0.3 is 24.6 Å². The molecule has 1 fully saturated rings. The van der Waals surface area contributed by atoms with E-state index < -0.39 is 0 Å². The van der Waals surface area contributed by atoms with E-state index in [-0.39, 0.29) is 24.4 Å². The van der Waals surface area contributed by atoms with Crippen LogP contribution in [-0.4, -0.2) is 76.2 Å². The number of nitrogens with zero attached hydrogens (tertiary/aromatic N) is 5. The number of nitrogens with one attached hydrogen (secondary N) is 2. The summed E-state index contributed by atoms with van der Waals surface area (Å²) >= 11 is 0. The topological polar surface area (TPSA) is 126 Å². The molecule has 1 aliphatic heterocycles. The number of para-hydroxylation sites is 1. The molecule has 0 saturated carbocycles. The molecule has 0 spiro atoms. The van der Waals surface area contributed by atoms with Gasteiger partial charge in [-0.3, -0.25) is 14.7 Å². The number of H-pyrrole nitrogens is 1. The Hall–Kier alpha value is -4.67. The zero-order chi connectivity index (χ0) is 26.6. The van der Waals surface area contributed by atoms with Crippen LogP contribution in [0, 0.1) is 6.92 Å². The minimum atomic E-state index is -0.139. The van der Waals surface area contributed by atoms with Crippen LogP contribution in [0.5, 0.6) is 17.5 Å². The lowest BCUT2D eigenvalue weighted by Crippen LogP contribution is -2.48. The molecule has 2 aromatic carbocycles. The fraction of sp³-hybridized carbons (Fsp3) is 0.296. The summed E-state index contributed by atoms with van der Waals surface area (Å²) in [5.41, 5.74) is 2.42. The first kappa shape index (κ1) is 25.0. The number of piperazine rings is 1. The third kappa shape index (κ3) is 5.08. The van der Waals surface area contributed by atoms with Crippen molar-refractivity contribution in [1.82, 2.24) is 30.4 Å². The molecule has 2 aromatic heterocycles. The third-order valence-corrected chi connectivity index (χ3v) is 6.41. The smallest absolute Gasteiger partial charge is 0.319 e. The van der Waals surface area contributed by atoms with Crippen molar-refractivity contribution < 1.29 is 19.1 Å². The summed E-state index contributed by atoms with van der Waals surface area (Å²) in [6.45, 7) is 9.84. The number of anilines is 1. The number of ether oxygens (including phenoxy) is 2. The SMILES string of the molecule is C=CC(=O)N1CCN(c2nc(OCCNC(C)=O)nc3c(Oc4c(C)ccc5[nH]ncc45)cccc23)CC1. The first-order valence-electron chi connectivity index (χ1n) is 12.4. The highest BCUT2D eigenvalue weighted by molar-refractivity contribution is 5.95. The molecular formula is C27H29N7O4. The van der Waals surface area contributed by atoms with Crippen molar-refractivity contribution in [2.24, 2.45) is 0 Å². The van der Waals surface area contributed by atoms with E-state index in [4.69, 9.17) is 19.4 Å². The van der Waals surface area contributed by atoms with Crippen molar-refractivity contribution in [2.45, 2.75) is 13.8 Å². The number of aryl methyl sites for hydroxylation is 1. The van der Waals surface area contributed by atoms with Gasteiger partial charge in [-0.1, -0.05) is 18.7 Å². The van der Waals surface area contributed by atoms with E-state index in [1.807, 2.05) is 37.3 Å². The second-order valence-corrected chi connectivity index (χ2v) is 8.97. The average Bonchev–Trinajstić information content (AvgIpc) is 3.41. The molecule has 1 saturated heterocycles. The summed E-state index contributed by atoms with van der Waals surface area (Å²) in [4.78, 5) is 36.6. The lowest BCUT2D eigenvalue weighted by atomic mass is 10.1. The van der Waals surface area contributed by atoms with Gasteiger partial charge in [0.2, 0.25) is 11.8 Å². The number of hydrogen-bond donors (Lipinski definition) is 2. The zero-order valence-corrected chi connectivity index (χ0v) is 21.4. The number of aromatic nitrogens is 4. The van der Waals surface area contributed by atoms with Crippen molar-refractivity contribution in [1.29, 1.82) is 0 Å². The van der Waals surface area contributed by atoms with Gasteiger partial charge >= 0.3 is 6.01 Å². The van der Waals surface area contributed by atoms with Gasteiger partial charge in [0.25, 0.3) is 0 Å². The van der Waals surface area contributed by atoms with Crippen LogP contribution in [0.2, 0.25) is 0 Å². The highest BCUT2D eigenvalue weighted by Crippen LogP contribution is 2.38. The number of amides is 2. The van der Waals surface area contributed by atoms with Crippen molar-refractivity contribution in [3.05, 3.63) is 54.7 Å². The number of hydrogen-bond acceptors (Lipinski definition) is 8. The maximum absolute atomic E-state index is 12.1. The predicted molar refractivity (Wildman–Crippen MR) is 144 cm³/mol. The van der Waals surface area contributed by atoms with Gasteiger partial charge in [-0.25, -0.2) is 0 Å². The van der Waals surface area contributed by atoms with Crippen LogP contribution in [0.1, 0.15) is 12.5 Å². The van der Waals surface area contributed by atoms with Gasteiger partial charge in [0.15, 0.2) is 5.75 Å². The number of carbonyl (C=O) groups excluding carboxylic acids is 2. The number of carbonyl (C=O) groups is 2. The predicted octanol–water partition coefficient (Wildman–Crippen LogP) is 2.96. The maximum Gasteiger partial charge on any atom is 0.319 e. The van der Waals surface area contributed by atoms with Crippen LogP contribution in [0.15, 0.2) is 49.2 Å². The molecular weight excluding hydrogens is 486 g/mol. The fourth-order valence-corrected chi connectivity index (χ4v) is 4.46. The summed E-state index contributed by atoms with van der Waals surface area (Å²) in [5, 5.41) is 11.5. The molecule has 0 aliphatic carbocycles. The molecule has 4 aromatic rings. The Morgan fingerprint density at radius 3 is 2.71 bits per heavy atom. The van der Waals surface area contributed by atoms with Crippen molar-refractivity contribution >= 4 is 39.4 Å². The normalized spacial score (nSPS) is 13.5. The van der Waals surface area contributed by atoms with Crippen molar-refractivity contribution in [3.8, 4) is 17.5 Å². The maximum atomic E-state index is 12.1. The third-order valence-electron chi connectivity index (χ3n) is 6.41. The quantitative estimate of drug-likeness (QED) is 0.271. The number of benzene rings is 2. The van der Waals surface area contributed by atoms with Crippen LogP contribution in [0.3, 0.4) is 0 Å². The van der Waals surface area contributed by atoms with E-state index in [2.05, 4.69) is 27.0 Å². The van der Waals surface area contributed by atoms with Crippen molar-refractivity contribution in [2.75, 3.05) is 44.2 Å². The summed E-state index contributed by atoms with van der Waals surface area (Å²) in [5.74, 6) is 1.71. The van der Waals surface area contributed by atoms with E-state index in [9.17, 15) is 9.59 Å². The molecule has 0 radical (unpaired) electrons. The largest absolute Gasteiger partial charge is 0.462 e. The Bertz CT molecular complexity index is 1510. The second kappa shape index (κ2) is 10.8. The lowest BCUT2D eigenvalue weighted by Gasteiger charge is -2.35. The molecule has 3 heterocycles. The van der Waals surface area contributed by atoms with Crippen LogP contribution in [0.4, 0.5) is 5.82 Å². The van der Waals surface area contributed by atoms with E-state index in [1.165, 1.54) is 13.0 Å². The molecule has 0 bridgehead atoms. The van der Waals surface area contributed by atoms with Gasteiger partial charge in [0, 0.05) is 38.5 Å². The number of rotatable bonds is 8. The van der Waals surface area contributed by atoms with Gasteiger partial charge in [-0.05, 0) is 36.8 Å². The molecule has 196 valence electrons. The second-order valence-electron chi connectivity index (χ2n) is 8.97. The molecule has 0 atom stereocenters. The van der Waals surface area contributed by atoms with Gasteiger partial charge in [-0.2, -0.15) is 15.1 Å². The molecule has 11 nitrogen and oxygen atoms in total. The first-order valence-corrected chi connectivity index (χ1v) is 12.4. The lowest BCUT2D eigenvalue weighted by molar-refractivity contribution is -0.126. The zero-order valence-electron chi connectivity index (χ0n) is 21.4. The van der Waals surface area contributed by atoms with Crippen LogP contribution < -0.4 is 19.7 Å². The average molecular weight is 516 g/mol. The summed E-state index contributed by atoms with van der Waals surface area (Å²) < 4.78 is 12.3. The summed E-state index contributed by atoms with van der Waals surface area (Å²) in [6, 6.07) is 9.83.